The number of aliphatic carboxylic acids is 1. The quantitative estimate of drug-likeness (QED) is 0.785. The molecule has 7 nitrogen and oxygen atoms in total. The lowest BCUT2D eigenvalue weighted by atomic mass is 9.80. The Morgan fingerprint density at radius 1 is 1.40 bits per heavy atom. The van der Waals surface area contributed by atoms with E-state index >= 15 is 0 Å². The van der Waals surface area contributed by atoms with Crippen LogP contribution in [0.4, 0.5) is 0 Å². The predicted molar refractivity (Wildman–Crippen MR) is 91.5 cm³/mol. The van der Waals surface area contributed by atoms with Gasteiger partial charge in [0.2, 0.25) is 0 Å². The van der Waals surface area contributed by atoms with E-state index in [4.69, 9.17) is 4.74 Å². The predicted octanol–water partition coefficient (Wildman–Crippen LogP) is 2.03. The first-order valence-electron chi connectivity index (χ1n) is 9.08. The molecule has 2 aliphatic rings. The first-order chi connectivity index (χ1) is 11.9. The summed E-state index contributed by atoms with van der Waals surface area (Å²) in [5.74, 6) is -0.234. The van der Waals surface area contributed by atoms with Crippen LogP contribution in [0.25, 0.3) is 0 Å². The van der Waals surface area contributed by atoms with Gasteiger partial charge in [0.1, 0.15) is 0 Å². The highest BCUT2D eigenvalue weighted by Gasteiger charge is 2.41. The third-order valence-corrected chi connectivity index (χ3v) is 5.12. The molecule has 1 aliphatic heterocycles. The number of amides is 1. The Morgan fingerprint density at radius 3 is 2.64 bits per heavy atom. The summed E-state index contributed by atoms with van der Waals surface area (Å²) in [5.41, 5.74) is 0.667. The molecule has 0 unspecified atom stereocenters. The molecule has 1 aliphatic carbocycles. The number of carboxylic acids is 1. The highest BCUT2D eigenvalue weighted by atomic mass is 16.5. The average Bonchev–Trinajstić information content (AvgIpc) is 3.34. The lowest BCUT2D eigenvalue weighted by molar-refractivity contribution is -0.154. The molecular formula is C18H27N3O4. The van der Waals surface area contributed by atoms with Crippen molar-refractivity contribution in [1.82, 2.24) is 15.1 Å². The fourth-order valence-corrected chi connectivity index (χ4v) is 3.42. The van der Waals surface area contributed by atoms with Gasteiger partial charge >= 0.3 is 5.97 Å². The zero-order valence-electron chi connectivity index (χ0n) is 15.0. The summed E-state index contributed by atoms with van der Waals surface area (Å²) >= 11 is 0. The lowest BCUT2D eigenvalue weighted by Gasteiger charge is -2.33. The van der Waals surface area contributed by atoms with E-state index in [1.165, 1.54) is 0 Å². The number of hydrogen-bond donors (Lipinski definition) is 2. The second-order valence-electron chi connectivity index (χ2n) is 7.67. The molecule has 138 valence electrons. The number of rotatable bonds is 7. The van der Waals surface area contributed by atoms with E-state index in [0.29, 0.717) is 43.5 Å². The van der Waals surface area contributed by atoms with Crippen LogP contribution in [0.2, 0.25) is 0 Å². The maximum absolute atomic E-state index is 12.7. The van der Waals surface area contributed by atoms with Crippen molar-refractivity contribution < 1.29 is 19.4 Å². The van der Waals surface area contributed by atoms with Crippen molar-refractivity contribution in [3.63, 3.8) is 0 Å². The smallest absolute Gasteiger partial charge is 0.311 e. The van der Waals surface area contributed by atoms with Crippen LogP contribution in [0.3, 0.4) is 0 Å². The van der Waals surface area contributed by atoms with E-state index in [0.717, 1.165) is 25.1 Å². The van der Waals surface area contributed by atoms with E-state index in [2.05, 4.69) is 24.3 Å². The topological polar surface area (TPSA) is 93.5 Å². The van der Waals surface area contributed by atoms with Crippen molar-refractivity contribution in [2.24, 2.45) is 11.3 Å². The maximum Gasteiger partial charge on any atom is 0.311 e. The second kappa shape index (κ2) is 7.15. The maximum atomic E-state index is 12.7. The lowest BCUT2D eigenvalue weighted by Crippen LogP contribution is -2.46. The number of hydrogen-bond acceptors (Lipinski definition) is 4. The summed E-state index contributed by atoms with van der Waals surface area (Å²) in [5, 5.41) is 16.9. The van der Waals surface area contributed by atoms with Crippen molar-refractivity contribution in [2.45, 2.75) is 52.0 Å². The van der Waals surface area contributed by atoms with Gasteiger partial charge in [0.25, 0.3) is 5.91 Å². The van der Waals surface area contributed by atoms with Crippen LogP contribution in [-0.4, -0.2) is 46.5 Å². The molecular weight excluding hydrogens is 322 g/mol. The van der Waals surface area contributed by atoms with E-state index < -0.39 is 11.4 Å². The van der Waals surface area contributed by atoms with Crippen LogP contribution in [0.15, 0.2) is 6.20 Å². The number of carbonyl (C=O) groups is 2. The first kappa shape index (κ1) is 17.9. The normalized spacial score (nSPS) is 19.8. The van der Waals surface area contributed by atoms with E-state index in [-0.39, 0.29) is 12.5 Å². The van der Waals surface area contributed by atoms with Crippen LogP contribution in [0, 0.1) is 11.3 Å². The number of carboxylic acid groups (broad SMARTS) is 1. The minimum atomic E-state index is -0.929. The van der Waals surface area contributed by atoms with Gasteiger partial charge in [-0.05, 0) is 31.6 Å². The van der Waals surface area contributed by atoms with Crippen LogP contribution < -0.4 is 5.32 Å². The number of aromatic nitrogens is 2. The van der Waals surface area contributed by atoms with Gasteiger partial charge in [-0.25, -0.2) is 0 Å². The Bertz CT molecular complexity index is 643. The molecule has 1 amide bonds. The largest absolute Gasteiger partial charge is 0.481 e. The Labute approximate surface area is 147 Å². The van der Waals surface area contributed by atoms with Crippen molar-refractivity contribution in [3.05, 3.63) is 17.5 Å². The van der Waals surface area contributed by atoms with Gasteiger partial charge in [0.15, 0.2) is 0 Å². The molecule has 7 heteroatoms. The molecule has 0 radical (unpaired) electrons. The molecule has 1 aromatic heterocycles. The number of ether oxygens (including phenoxy) is 1. The minimum Gasteiger partial charge on any atom is -0.481 e. The Morgan fingerprint density at radius 2 is 2.08 bits per heavy atom. The summed E-state index contributed by atoms with van der Waals surface area (Å²) in [4.78, 5) is 24.4. The fraction of sp³-hybridized carbons (Fsp3) is 0.722. The highest BCUT2D eigenvalue weighted by molar-refractivity contribution is 5.95. The highest BCUT2D eigenvalue weighted by Crippen LogP contribution is 2.42. The summed E-state index contributed by atoms with van der Waals surface area (Å²) in [6.45, 7) is 6.00. The molecule has 0 bridgehead atoms. The fourth-order valence-electron chi connectivity index (χ4n) is 3.42. The third-order valence-electron chi connectivity index (χ3n) is 5.12. The molecule has 0 aromatic carbocycles. The van der Waals surface area contributed by atoms with Gasteiger partial charge in [-0.3, -0.25) is 14.3 Å². The van der Waals surface area contributed by atoms with E-state index in [1.807, 2.05) is 4.68 Å². The van der Waals surface area contributed by atoms with Crippen molar-refractivity contribution >= 4 is 11.9 Å². The zero-order chi connectivity index (χ0) is 18.0. The minimum absolute atomic E-state index is 0.129. The van der Waals surface area contributed by atoms with E-state index in [1.54, 1.807) is 6.20 Å². The van der Waals surface area contributed by atoms with Gasteiger partial charge in [-0.15, -0.1) is 0 Å². The molecule has 1 saturated heterocycles. The van der Waals surface area contributed by atoms with Crippen LogP contribution in [-0.2, 0) is 16.1 Å². The second-order valence-corrected chi connectivity index (χ2v) is 7.67. The summed E-state index contributed by atoms with van der Waals surface area (Å²) in [6.07, 6.45) is 4.64. The summed E-state index contributed by atoms with van der Waals surface area (Å²) in [6, 6.07) is 0. The Balaban J connectivity index is 1.73. The molecule has 2 heterocycles. The van der Waals surface area contributed by atoms with Crippen molar-refractivity contribution in [3.8, 4) is 0 Å². The zero-order valence-corrected chi connectivity index (χ0v) is 15.0. The standard InChI is InChI=1S/C18H27N3O4/c1-12(2)10-21-15(13-3-4-13)14(9-20-21)16(22)19-11-18(17(23)24)5-7-25-8-6-18/h9,12-13H,3-8,10-11H2,1-2H3,(H,19,22)(H,23,24). The molecule has 3 rings (SSSR count). The molecule has 25 heavy (non-hydrogen) atoms. The van der Waals surface area contributed by atoms with Gasteiger partial charge < -0.3 is 15.2 Å². The molecule has 0 atom stereocenters. The number of carbonyl (C=O) groups excluding carboxylic acids is 1. The molecule has 1 saturated carbocycles. The Kier molecular flexibility index (Phi) is 5.13. The monoisotopic (exact) mass is 349 g/mol. The molecule has 2 fully saturated rings. The van der Waals surface area contributed by atoms with Crippen molar-refractivity contribution in [1.29, 1.82) is 0 Å². The number of nitrogens with zero attached hydrogens (tertiary/aromatic N) is 2. The average molecular weight is 349 g/mol. The summed E-state index contributed by atoms with van der Waals surface area (Å²) < 4.78 is 7.22. The Hall–Kier alpha value is -1.89. The molecule has 0 spiro atoms. The first-order valence-corrected chi connectivity index (χ1v) is 9.08. The van der Waals surface area contributed by atoms with Gasteiger partial charge in [-0.1, -0.05) is 13.8 Å². The van der Waals surface area contributed by atoms with Gasteiger partial charge in [0, 0.05) is 32.2 Å². The number of nitrogens with one attached hydrogen (secondary N) is 1. The van der Waals surface area contributed by atoms with Crippen LogP contribution in [0.1, 0.15) is 61.5 Å². The third kappa shape index (κ3) is 3.86. The molecule has 1 aromatic rings. The van der Waals surface area contributed by atoms with Gasteiger partial charge in [0.05, 0.1) is 22.9 Å². The van der Waals surface area contributed by atoms with Gasteiger partial charge in [-0.2, -0.15) is 5.10 Å². The molecule has 2 N–H and O–H groups in total. The SMILES string of the molecule is CC(C)Cn1ncc(C(=O)NCC2(C(=O)O)CCOCC2)c1C1CC1. The van der Waals surface area contributed by atoms with E-state index in [9.17, 15) is 14.7 Å². The van der Waals surface area contributed by atoms with Crippen molar-refractivity contribution in [2.75, 3.05) is 19.8 Å². The van der Waals surface area contributed by atoms with Crippen LogP contribution in [0.5, 0.6) is 0 Å². The summed E-state index contributed by atoms with van der Waals surface area (Å²) in [7, 11) is 0. The van der Waals surface area contributed by atoms with Crippen LogP contribution >= 0.6 is 0 Å².